The lowest BCUT2D eigenvalue weighted by atomic mass is 10.1. The van der Waals surface area contributed by atoms with Gasteiger partial charge in [0.05, 0.1) is 0 Å². The van der Waals surface area contributed by atoms with Crippen molar-refractivity contribution in [3.05, 3.63) is 35.4 Å². The Bertz CT molecular complexity index is 420. The van der Waals surface area contributed by atoms with Crippen LogP contribution in [-0.2, 0) is 15.5 Å². The molecule has 0 aliphatic heterocycles. The van der Waals surface area contributed by atoms with Crippen LogP contribution in [0.15, 0.2) is 24.3 Å². The molecule has 0 aromatic heterocycles. The summed E-state index contributed by atoms with van der Waals surface area (Å²) < 4.78 is 16.3. The van der Waals surface area contributed by atoms with Crippen molar-refractivity contribution in [2.75, 3.05) is 19.9 Å². The Morgan fingerprint density at radius 2 is 2.06 bits per heavy atom. The highest BCUT2D eigenvalue weighted by molar-refractivity contribution is 7.57. The fraction of sp³-hybridized carbons (Fsp3) is 0.417. The van der Waals surface area contributed by atoms with Gasteiger partial charge in [-0.3, -0.25) is 9.36 Å². The summed E-state index contributed by atoms with van der Waals surface area (Å²) >= 11 is 0. The molecule has 0 heterocycles. The number of Topliss-reactive ketones (excluding diaryl/α,β-unsaturated/α-hetero) is 1. The average molecular weight is 240 g/mol. The molecule has 16 heavy (non-hydrogen) atoms. The topological polar surface area (TPSA) is 43.4 Å². The highest BCUT2D eigenvalue weighted by atomic mass is 31.2. The molecule has 88 valence electrons. The molecule has 4 heteroatoms. The Labute approximate surface area is 96.3 Å². The van der Waals surface area contributed by atoms with Gasteiger partial charge in [-0.05, 0) is 18.1 Å². The normalized spacial score (nSPS) is 11.4. The predicted octanol–water partition coefficient (Wildman–Crippen LogP) is 2.99. The fourth-order valence-corrected chi connectivity index (χ4v) is 1.69. The number of carbonyl (C=O) groups is 1. The SMILES string of the molecule is CCc1cccc(C(=O)COP(C)(C)=O)c1. The first-order chi connectivity index (χ1) is 7.42. The summed E-state index contributed by atoms with van der Waals surface area (Å²) in [4.78, 5) is 11.7. The van der Waals surface area contributed by atoms with Gasteiger partial charge in [0.15, 0.2) is 13.2 Å². The number of rotatable bonds is 5. The van der Waals surface area contributed by atoms with Gasteiger partial charge in [-0.15, -0.1) is 0 Å². The van der Waals surface area contributed by atoms with E-state index in [0.717, 1.165) is 12.0 Å². The second-order valence-corrected chi connectivity index (χ2v) is 6.76. The Morgan fingerprint density at radius 1 is 1.38 bits per heavy atom. The van der Waals surface area contributed by atoms with Gasteiger partial charge in [0.1, 0.15) is 6.61 Å². The molecule has 0 aliphatic carbocycles. The van der Waals surface area contributed by atoms with Crippen molar-refractivity contribution in [3.63, 3.8) is 0 Å². The van der Waals surface area contributed by atoms with Crippen LogP contribution in [0.5, 0.6) is 0 Å². The van der Waals surface area contributed by atoms with Gasteiger partial charge in [-0.1, -0.05) is 25.1 Å². The largest absolute Gasteiger partial charge is 0.320 e. The molecule has 0 atom stereocenters. The van der Waals surface area contributed by atoms with Gasteiger partial charge < -0.3 is 4.52 Å². The monoisotopic (exact) mass is 240 g/mol. The molecule has 3 nitrogen and oxygen atoms in total. The van der Waals surface area contributed by atoms with E-state index in [1.165, 1.54) is 13.3 Å². The van der Waals surface area contributed by atoms with Crippen LogP contribution in [-0.4, -0.2) is 25.7 Å². The van der Waals surface area contributed by atoms with Crippen LogP contribution in [0.4, 0.5) is 0 Å². The number of benzene rings is 1. The van der Waals surface area contributed by atoms with Crippen LogP contribution in [0.25, 0.3) is 0 Å². The van der Waals surface area contributed by atoms with Crippen LogP contribution >= 0.6 is 7.37 Å². The Kier molecular flexibility index (Phi) is 4.45. The molecule has 0 N–H and O–H groups in total. The van der Waals surface area contributed by atoms with E-state index in [2.05, 4.69) is 0 Å². The molecule has 1 aromatic rings. The smallest absolute Gasteiger partial charge is 0.197 e. The van der Waals surface area contributed by atoms with E-state index in [4.69, 9.17) is 4.52 Å². The van der Waals surface area contributed by atoms with Gasteiger partial charge in [-0.2, -0.15) is 0 Å². The summed E-state index contributed by atoms with van der Waals surface area (Å²) in [6.07, 6.45) is 0.891. The molecule has 0 radical (unpaired) electrons. The highest BCUT2D eigenvalue weighted by Gasteiger charge is 2.12. The van der Waals surface area contributed by atoms with Gasteiger partial charge >= 0.3 is 0 Å². The minimum atomic E-state index is -2.58. The standard InChI is InChI=1S/C12H17O3P/c1-4-10-6-5-7-11(8-10)12(13)9-15-16(2,3)14/h5-8H,4,9H2,1-3H3. The van der Waals surface area contributed by atoms with Crippen LogP contribution in [0.2, 0.25) is 0 Å². The van der Waals surface area contributed by atoms with Crippen molar-refractivity contribution >= 4 is 13.2 Å². The Balaban J connectivity index is 2.69. The van der Waals surface area contributed by atoms with Crippen LogP contribution in [0, 0.1) is 0 Å². The highest BCUT2D eigenvalue weighted by Crippen LogP contribution is 2.37. The van der Waals surface area contributed by atoms with E-state index in [0.29, 0.717) is 5.56 Å². The minimum absolute atomic E-state index is 0.114. The molecule has 0 amide bonds. The quantitative estimate of drug-likeness (QED) is 0.587. The van der Waals surface area contributed by atoms with Crippen LogP contribution in [0.1, 0.15) is 22.8 Å². The summed E-state index contributed by atoms with van der Waals surface area (Å²) in [5.74, 6) is -0.126. The first kappa shape index (κ1) is 13.1. The van der Waals surface area contributed by atoms with E-state index in [1.807, 2.05) is 25.1 Å². The van der Waals surface area contributed by atoms with Crippen molar-refractivity contribution < 1.29 is 13.9 Å². The van der Waals surface area contributed by atoms with Crippen LogP contribution < -0.4 is 0 Å². The number of ketones is 1. The predicted molar refractivity (Wildman–Crippen MR) is 65.6 cm³/mol. The van der Waals surface area contributed by atoms with E-state index < -0.39 is 7.37 Å². The van der Waals surface area contributed by atoms with Gasteiger partial charge in [-0.25, -0.2) is 0 Å². The molecule has 0 bridgehead atoms. The van der Waals surface area contributed by atoms with Crippen molar-refractivity contribution in [2.24, 2.45) is 0 Å². The lowest BCUT2D eigenvalue weighted by molar-refractivity contribution is 0.0924. The summed E-state index contributed by atoms with van der Waals surface area (Å²) in [6, 6.07) is 7.43. The first-order valence-corrected chi connectivity index (χ1v) is 7.76. The average Bonchev–Trinajstić information content (AvgIpc) is 2.25. The van der Waals surface area contributed by atoms with Crippen molar-refractivity contribution in [1.29, 1.82) is 0 Å². The molecule has 0 saturated carbocycles. The van der Waals surface area contributed by atoms with Gasteiger partial charge in [0, 0.05) is 18.9 Å². The molecule has 0 unspecified atom stereocenters. The van der Waals surface area contributed by atoms with Gasteiger partial charge in [0.2, 0.25) is 0 Å². The van der Waals surface area contributed by atoms with Crippen LogP contribution in [0.3, 0.4) is 0 Å². The molecule has 0 fully saturated rings. The zero-order chi connectivity index (χ0) is 12.2. The lowest BCUT2D eigenvalue weighted by Gasteiger charge is -2.08. The van der Waals surface area contributed by atoms with Crippen molar-refractivity contribution in [2.45, 2.75) is 13.3 Å². The fourth-order valence-electron chi connectivity index (χ4n) is 1.26. The third-order valence-corrected chi connectivity index (χ3v) is 2.91. The Hall–Kier alpha value is -0.920. The molecule has 0 saturated heterocycles. The molecular formula is C12H17O3P. The molecule has 0 aliphatic rings. The zero-order valence-electron chi connectivity index (χ0n) is 9.90. The maximum Gasteiger partial charge on any atom is 0.197 e. The summed E-state index contributed by atoms with van der Waals surface area (Å²) in [5.41, 5.74) is 1.73. The maximum atomic E-state index is 11.7. The second-order valence-electron chi connectivity index (χ2n) is 4.00. The number of aryl methyl sites for hydroxylation is 1. The summed E-state index contributed by atoms with van der Waals surface area (Å²) in [5, 5.41) is 0. The zero-order valence-corrected chi connectivity index (χ0v) is 10.8. The molecule has 0 spiro atoms. The lowest BCUT2D eigenvalue weighted by Crippen LogP contribution is -2.07. The van der Waals surface area contributed by atoms with E-state index in [9.17, 15) is 9.36 Å². The number of carbonyl (C=O) groups excluding carboxylic acids is 1. The first-order valence-electron chi connectivity index (χ1n) is 5.24. The van der Waals surface area contributed by atoms with E-state index in [-0.39, 0.29) is 12.4 Å². The maximum absolute atomic E-state index is 11.7. The third kappa shape index (κ3) is 4.30. The van der Waals surface area contributed by atoms with E-state index >= 15 is 0 Å². The summed E-state index contributed by atoms with van der Waals surface area (Å²) in [7, 11) is -2.58. The van der Waals surface area contributed by atoms with Gasteiger partial charge in [0.25, 0.3) is 0 Å². The Morgan fingerprint density at radius 3 is 2.62 bits per heavy atom. The molecule has 1 rings (SSSR count). The van der Waals surface area contributed by atoms with Crippen molar-refractivity contribution in [1.82, 2.24) is 0 Å². The summed E-state index contributed by atoms with van der Waals surface area (Å²) in [6.45, 7) is 4.93. The third-order valence-electron chi connectivity index (χ3n) is 2.16. The van der Waals surface area contributed by atoms with E-state index in [1.54, 1.807) is 6.07 Å². The molecular weight excluding hydrogens is 223 g/mol. The molecule has 1 aromatic carbocycles. The second kappa shape index (κ2) is 5.42. The minimum Gasteiger partial charge on any atom is -0.320 e. The number of hydrogen-bond donors (Lipinski definition) is 0. The number of hydrogen-bond acceptors (Lipinski definition) is 3. The van der Waals surface area contributed by atoms with Crippen molar-refractivity contribution in [3.8, 4) is 0 Å².